The number of carboxylic acids is 1. The molecule has 1 aromatic heterocycles. The summed E-state index contributed by atoms with van der Waals surface area (Å²) in [5.74, 6) is -0.409. The molecule has 0 aliphatic carbocycles. The maximum Gasteiger partial charge on any atom is 0.323 e. The Labute approximate surface area is 115 Å². The average molecular weight is 269 g/mol. The number of aryl methyl sites for hydroxylation is 1. The van der Waals surface area contributed by atoms with E-state index in [4.69, 9.17) is 15.1 Å². The van der Waals surface area contributed by atoms with E-state index in [0.29, 0.717) is 17.0 Å². The van der Waals surface area contributed by atoms with Crippen LogP contribution in [0.2, 0.25) is 0 Å². The van der Waals surface area contributed by atoms with E-state index >= 15 is 0 Å². The summed E-state index contributed by atoms with van der Waals surface area (Å²) >= 11 is 0. The van der Waals surface area contributed by atoms with Crippen LogP contribution in [0.3, 0.4) is 0 Å². The van der Waals surface area contributed by atoms with Gasteiger partial charge in [0.2, 0.25) is 0 Å². The molecule has 100 valence electrons. The van der Waals surface area contributed by atoms with Crippen molar-refractivity contribution in [2.45, 2.75) is 13.3 Å². The maximum atomic E-state index is 10.6. The van der Waals surface area contributed by atoms with Gasteiger partial charge in [0.25, 0.3) is 0 Å². The molecule has 0 aliphatic rings. The smallest absolute Gasteiger partial charge is 0.323 e. The van der Waals surface area contributed by atoms with Crippen molar-refractivity contribution >= 4 is 5.97 Å². The quantitative estimate of drug-likeness (QED) is 0.912. The van der Waals surface area contributed by atoms with Gasteiger partial charge in [0.1, 0.15) is 17.5 Å². The number of rotatable bonds is 4. The number of carbonyl (C=O) groups is 1. The third kappa shape index (κ3) is 3.53. The van der Waals surface area contributed by atoms with E-state index in [0.717, 1.165) is 0 Å². The van der Waals surface area contributed by atoms with Crippen molar-refractivity contribution in [2.75, 3.05) is 0 Å². The highest BCUT2D eigenvalue weighted by Crippen LogP contribution is 2.19. The Balaban J connectivity index is 2.16. The van der Waals surface area contributed by atoms with E-state index in [2.05, 4.69) is 9.97 Å². The van der Waals surface area contributed by atoms with Gasteiger partial charge in [-0.05, 0) is 30.7 Å². The van der Waals surface area contributed by atoms with Crippen molar-refractivity contribution in [3.05, 3.63) is 47.3 Å². The van der Waals surface area contributed by atoms with Crippen molar-refractivity contribution in [1.82, 2.24) is 9.97 Å². The number of benzene rings is 1. The second kappa shape index (κ2) is 5.80. The predicted octanol–water partition coefficient (Wildman–Crippen LogP) is 2.08. The Morgan fingerprint density at radius 2 is 2.05 bits per heavy atom. The third-order valence-corrected chi connectivity index (χ3v) is 2.44. The lowest BCUT2D eigenvalue weighted by molar-refractivity contribution is -0.136. The highest BCUT2D eigenvalue weighted by Gasteiger charge is 2.05. The molecule has 0 amide bonds. The summed E-state index contributed by atoms with van der Waals surface area (Å²) in [4.78, 5) is 18.6. The van der Waals surface area contributed by atoms with Crippen LogP contribution in [0.15, 0.2) is 30.3 Å². The Morgan fingerprint density at radius 1 is 1.35 bits per heavy atom. The van der Waals surface area contributed by atoms with E-state index in [9.17, 15) is 4.79 Å². The summed E-state index contributed by atoms with van der Waals surface area (Å²) < 4.78 is 5.44. The minimum atomic E-state index is -0.889. The molecule has 20 heavy (non-hydrogen) atoms. The number of nitrogens with zero attached hydrogens (tertiary/aromatic N) is 3. The highest BCUT2D eigenvalue weighted by atomic mass is 16.5. The number of carboxylic acid groups (broad SMARTS) is 1. The van der Waals surface area contributed by atoms with Crippen LogP contribution < -0.4 is 4.74 Å². The highest BCUT2D eigenvalue weighted by molar-refractivity contribution is 5.70. The molecule has 6 nitrogen and oxygen atoms in total. The minimum Gasteiger partial charge on any atom is -0.481 e. The van der Waals surface area contributed by atoms with Gasteiger partial charge in [0, 0.05) is 5.69 Å². The SMILES string of the molecule is Cc1cc(C#N)nc(Oc2ccc(CC(=O)O)cc2)n1. The molecule has 0 radical (unpaired) electrons. The van der Waals surface area contributed by atoms with Crippen molar-refractivity contribution in [1.29, 1.82) is 5.26 Å². The zero-order chi connectivity index (χ0) is 14.5. The van der Waals surface area contributed by atoms with Crippen molar-refractivity contribution in [2.24, 2.45) is 0 Å². The van der Waals surface area contributed by atoms with Crippen LogP contribution in [-0.4, -0.2) is 21.0 Å². The van der Waals surface area contributed by atoms with Crippen LogP contribution in [0.1, 0.15) is 17.0 Å². The Kier molecular flexibility index (Phi) is 3.91. The third-order valence-electron chi connectivity index (χ3n) is 2.44. The standard InChI is InChI=1S/C14H11N3O3/c1-9-6-11(8-15)17-14(16-9)20-12-4-2-10(3-5-12)7-13(18)19/h2-6H,7H2,1H3,(H,18,19). The summed E-state index contributed by atoms with van der Waals surface area (Å²) in [6.07, 6.45) is -0.0419. The molecular formula is C14H11N3O3. The van der Waals surface area contributed by atoms with Gasteiger partial charge >= 0.3 is 12.0 Å². The lowest BCUT2D eigenvalue weighted by atomic mass is 10.1. The van der Waals surface area contributed by atoms with E-state index in [-0.39, 0.29) is 18.1 Å². The molecule has 2 aromatic rings. The molecule has 0 bridgehead atoms. The maximum absolute atomic E-state index is 10.6. The molecule has 1 N–H and O–H groups in total. The van der Waals surface area contributed by atoms with Crippen molar-refractivity contribution < 1.29 is 14.6 Å². The van der Waals surface area contributed by atoms with E-state index in [1.54, 1.807) is 37.3 Å². The molecule has 0 spiro atoms. The first-order valence-electron chi connectivity index (χ1n) is 5.81. The lowest BCUT2D eigenvalue weighted by Gasteiger charge is -2.05. The number of aromatic nitrogens is 2. The fraction of sp³-hybridized carbons (Fsp3) is 0.143. The molecule has 6 heteroatoms. The van der Waals surface area contributed by atoms with Crippen molar-refractivity contribution in [3.8, 4) is 17.8 Å². The minimum absolute atomic E-state index is 0.0419. The summed E-state index contributed by atoms with van der Waals surface area (Å²) in [6, 6.07) is 10.2. The second-order valence-electron chi connectivity index (χ2n) is 4.11. The Hall–Kier alpha value is -2.94. The molecular weight excluding hydrogens is 258 g/mol. The zero-order valence-electron chi connectivity index (χ0n) is 10.7. The van der Waals surface area contributed by atoms with Crippen LogP contribution in [0.4, 0.5) is 0 Å². The summed E-state index contributed by atoms with van der Waals surface area (Å²) in [7, 11) is 0. The summed E-state index contributed by atoms with van der Waals surface area (Å²) in [5, 5.41) is 17.5. The van der Waals surface area contributed by atoms with E-state index in [1.165, 1.54) is 0 Å². The molecule has 0 unspecified atom stereocenters. The molecule has 1 heterocycles. The molecule has 0 aliphatic heterocycles. The van der Waals surface area contributed by atoms with Gasteiger partial charge in [-0.3, -0.25) is 4.79 Å². The van der Waals surface area contributed by atoms with Gasteiger partial charge in [0.05, 0.1) is 6.42 Å². The molecule has 0 atom stereocenters. The summed E-state index contributed by atoms with van der Waals surface area (Å²) in [5.41, 5.74) is 1.54. The first-order chi connectivity index (χ1) is 9.56. The van der Waals surface area contributed by atoms with Crippen LogP contribution in [-0.2, 0) is 11.2 Å². The van der Waals surface area contributed by atoms with Crippen LogP contribution >= 0.6 is 0 Å². The second-order valence-corrected chi connectivity index (χ2v) is 4.11. The van der Waals surface area contributed by atoms with Gasteiger partial charge in [-0.15, -0.1) is 0 Å². The number of nitriles is 1. The largest absolute Gasteiger partial charge is 0.481 e. The number of aliphatic carboxylic acids is 1. The average Bonchev–Trinajstić information content (AvgIpc) is 2.39. The molecule has 0 saturated heterocycles. The molecule has 2 rings (SSSR count). The first kappa shape index (κ1) is 13.5. The van der Waals surface area contributed by atoms with Gasteiger partial charge in [-0.25, -0.2) is 4.98 Å². The predicted molar refractivity (Wildman–Crippen MR) is 69.3 cm³/mol. The lowest BCUT2D eigenvalue weighted by Crippen LogP contribution is -2.00. The van der Waals surface area contributed by atoms with Crippen LogP contribution in [0, 0.1) is 18.3 Å². The van der Waals surface area contributed by atoms with Gasteiger partial charge < -0.3 is 9.84 Å². The van der Waals surface area contributed by atoms with Crippen LogP contribution in [0.25, 0.3) is 0 Å². The Morgan fingerprint density at radius 3 is 2.65 bits per heavy atom. The topological polar surface area (TPSA) is 96.1 Å². The zero-order valence-corrected chi connectivity index (χ0v) is 10.7. The molecule has 1 aromatic carbocycles. The van der Waals surface area contributed by atoms with Crippen molar-refractivity contribution in [3.63, 3.8) is 0 Å². The Bertz CT molecular complexity index is 675. The number of ether oxygens (including phenoxy) is 1. The fourth-order valence-electron chi connectivity index (χ4n) is 1.60. The van der Waals surface area contributed by atoms with Crippen LogP contribution in [0.5, 0.6) is 11.8 Å². The van der Waals surface area contributed by atoms with Gasteiger partial charge in [0.15, 0.2) is 0 Å². The van der Waals surface area contributed by atoms with Gasteiger partial charge in [-0.2, -0.15) is 10.2 Å². The number of hydrogen-bond acceptors (Lipinski definition) is 5. The van der Waals surface area contributed by atoms with Gasteiger partial charge in [-0.1, -0.05) is 12.1 Å². The van der Waals surface area contributed by atoms with E-state index in [1.807, 2.05) is 6.07 Å². The molecule has 0 saturated carbocycles. The molecule has 0 fully saturated rings. The van der Waals surface area contributed by atoms with E-state index < -0.39 is 5.97 Å². The normalized spacial score (nSPS) is 9.80. The first-order valence-corrected chi connectivity index (χ1v) is 5.81. The number of hydrogen-bond donors (Lipinski definition) is 1. The summed E-state index contributed by atoms with van der Waals surface area (Å²) in [6.45, 7) is 1.74. The fourth-order valence-corrected chi connectivity index (χ4v) is 1.60. The monoisotopic (exact) mass is 269 g/mol.